The Hall–Kier alpha value is -2.62. The third kappa shape index (κ3) is 2.94. The van der Waals surface area contributed by atoms with Crippen molar-refractivity contribution in [3.63, 3.8) is 0 Å². The van der Waals surface area contributed by atoms with Gasteiger partial charge >= 0.3 is 0 Å². The first-order chi connectivity index (χ1) is 10.3. The van der Waals surface area contributed by atoms with Gasteiger partial charge in [-0.2, -0.15) is 0 Å². The fraction of sp³-hybridized carbons (Fsp3) is 0.176. The number of nitrogens with one attached hydrogen (secondary N) is 1. The van der Waals surface area contributed by atoms with Gasteiger partial charge in [-0.05, 0) is 36.8 Å². The van der Waals surface area contributed by atoms with Gasteiger partial charge in [0.25, 0.3) is 0 Å². The quantitative estimate of drug-likeness (QED) is 0.789. The molecule has 1 unspecified atom stereocenters. The monoisotopic (exact) mass is 279 g/mol. The Bertz CT molecular complexity index is 740. The number of methoxy groups -OCH3 is 1. The van der Waals surface area contributed by atoms with Crippen LogP contribution in [0.4, 0.5) is 5.82 Å². The zero-order chi connectivity index (χ0) is 14.7. The summed E-state index contributed by atoms with van der Waals surface area (Å²) in [5.74, 6) is 1.63. The van der Waals surface area contributed by atoms with Crippen molar-refractivity contribution in [2.75, 3.05) is 12.4 Å². The smallest absolute Gasteiger partial charge is 0.145 e. The topological polar surface area (TPSA) is 47.0 Å². The highest BCUT2D eigenvalue weighted by Crippen LogP contribution is 2.21. The highest BCUT2D eigenvalue weighted by molar-refractivity contribution is 5.75. The number of rotatable bonds is 4. The minimum absolute atomic E-state index is 0.145. The standard InChI is InChI=1S/C17H17N3O/c1-12(13-7-9-14(21-2)10-8-13)19-17-11-18-15-5-3-4-6-16(15)20-17/h3-12H,1-2H3,(H,19,20). The Morgan fingerprint density at radius 1 is 1.00 bits per heavy atom. The highest BCUT2D eigenvalue weighted by Gasteiger charge is 2.07. The molecule has 1 aromatic heterocycles. The van der Waals surface area contributed by atoms with Crippen molar-refractivity contribution in [3.8, 4) is 5.75 Å². The highest BCUT2D eigenvalue weighted by atomic mass is 16.5. The molecule has 21 heavy (non-hydrogen) atoms. The van der Waals surface area contributed by atoms with Gasteiger partial charge in [-0.1, -0.05) is 24.3 Å². The number of benzene rings is 2. The largest absolute Gasteiger partial charge is 0.497 e. The second-order valence-electron chi connectivity index (χ2n) is 4.88. The van der Waals surface area contributed by atoms with Crippen LogP contribution in [-0.2, 0) is 0 Å². The molecule has 0 aliphatic heterocycles. The molecule has 0 radical (unpaired) electrons. The lowest BCUT2D eigenvalue weighted by molar-refractivity contribution is 0.414. The van der Waals surface area contributed by atoms with E-state index < -0.39 is 0 Å². The van der Waals surface area contributed by atoms with E-state index in [1.54, 1.807) is 13.3 Å². The summed E-state index contributed by atoms with van der Waals surface area (Å²) in [5, 5.41) is 3.37. The van der Waals surface area contributed by atoms with Crippen molar-refractivity contribution in [2.45, 2.75) is 13.0 Å². The number of para-hydroxylation sites is 2. The lowest BCUT2D eigenvalue weighted by atomic mass is 10.1. The van der Waals surface area contributed by atoms with Gasteiger partial charge in [-0.3, -0.25) is 4.98 Å². The number of hydrogen-bond donors (Lipinski definition) is 1. The molecule has 4 nitrogen and oxygen atoms in total. The van der Waals surface area contributed by atoms with Crippen LogP contribution in [0, 0.1) is 0 Å². The molecule has 0 saturated heterocycles. The number of anilines is 1. The lowest BCUT2D eigenvalue weighted by Gasteiger charge is -2.15. The third-order valence-electron chi connectivity index (χ3n) is 3.43. The van der Waals surface area contributed by atoms with Gasteiger partial charge < -0.3 is 10.1 Å². The molecule has 0 spiro atoms. The van der Waals surface area contributed by atoms with Crippen molar-refractivity contribution >= 4 is 16.9 Å². The van der Waals surface area contributed by atoms with Crippen molar-refractivity contribution < 1.29 is 4.74 Å². The predicted molar refractivity (Wildman–Crippen MR) is 84.6 cm³/mol. The van der Waals surface area contributed by atoms with E-state index in [2.05, 4.69) is 22.2 Å². The Morgan fingerprint density at radius 2 is 1.71 bits per heavy atom. The molecule has 1 heterocycles. The van der Waals surface area contributed by atoms with Gasteiger partial charge in [-0.25, -0.2) is 4.98 Å². The van der Waals surface area contributed by atoms with E-state index >= 15 is 0 Å². The van der Waals surface area contributed by atoms with Crippen LogP contribution in [0.3, 0.4) is 0 Å². The maximum atomic E-state index is 5.17. The lowest BCUT2D eigenvalue weighted by Crippen LogP contribution is -2.08. The maximum Gasteiger partial charge on any atom is 0.145 e. The van der Waals surface area contributed by atoms with Crippen molar-refractivity contribution in [1.82, 2.24) is 9.97 Å². The minimum Gasteiger partial charge on any atom is -0.497 e. The summed E-state index contributed by atoms with van der Waals surface area (Å²) < 4.78 is 5.17. The van der Waals surface area contributed by atoms with Crippen LogP contribution in [0.2, 0.25) is 0 Å². The second kappa shape index (κ2) is 5.79. The zero-order valence-corrected chi connectivity index (χ0v) is 12.1. The minimum atomic E-state index is 0.145. The average Bonchev–Trinajstić information content (AvgIpc) is 2.55. The van der Waals surface area contributed by atoms with E-state index in [0.29, 0.717) is 0 Å². The molecule has 4 heteroatoms. The summed E-state index contributed by atoms with van der Waals surface area (Å²) in [7, 11) is 1.67. The molecule has 0 bridgehead atoms. The number of nitrogens with zero attached hydrogens (tertiary/aromatic N) is 2. The molecular formula is C17H17N3O. The van der Waals surface area contributed by atoms with E-state index in [4.69, 9.17) is 4.74 Å². The van der Waals surface area contributed by atoms with Crippen molar-refractivity contribution in [3.05, 3.63) is 60.3 Å². The van der Waals surface area contributed by atoms with E-state index in [0.717, 1.165) is 22.6 Å². The van der Waals surface area contributed by atoms with Crippen LogP contribution in [0.15, 0.2) is 54.7 Å². The Morgan fingerprint density at radius 3 is 2.43 bits per heavy atom. The first-order valence-electron chi connectivity index (χ1n) is 6.88. The first kappa shape index (κ1) is 13.4. The van der Waals surface area contributed by atoms with Crippen LogP contribution >= 0.6 is 0 Å². The molecule has 1 atom stereocenters. The summed E-state index contributed by atoms with van der Waals surface area (Å²) in [4.78, 5) is 8.99. The molecule has 0 aliphatic rings. The fourth-order valence-electron chi connectivity index (χ4n) is 2.22. The van der Waals surface area contributed by atoms with Crippen LogP contribution < -0.4 is 10.1 Å². The first-order valence-corrected chi connectivity index (χ1v) is 6.88. The van der Waals surface area contributed by atoms with Gasteiger partial charge in [0, 0.05) is 6.04 Å². The van der Waals surface area contributed by atoms with E-state index in [9.17, 15) is 0 Å². The van der Waals surface area contributed by atoms with Gasteiger partial charge in [-0.15, -0.1) is 0 Å². The SMILES string of the molecule is COc1ccc(C(C)Nc2cnc3ccccc3n2)cc1. The number of fused-ring (bicyclic) bond motifs is 1. The Labute approximate surface area is 123 Å². The van der Waals surface area contributed by atoms with Gasteiger partial charge in [0.05, 0.1) is 24.3 Å². The third-order valence-corrected chi connectivity index (χ3v) is 3.43. The summed E-state index contributed by atoms with van der Waals surface area (Å²) in [5.41, 5.74) is 2.97. The van der Waals surface area contributed by atoms with Crippen LogP contribution in [0.5, 0.6) is 5.75 Å². The molecule has 106 valence electrons. The summed E-state index contributed by atoms with van der Waals surface area (Å²) in [6, 6.07) is 16.0. The van der Waals surface area contributed by atoms with E-state index in [1.807, 2.05) is 48.5 Å². The van der Waals surface area contributed by atoms with Gasteiger partial charge in [0.15, 0.2) is 0 Å². The molecule has 3 rings (SSSR count). The van der Waals surface area contributed by atoms with Gasteiger partial charge in [0.1, 0.15) is 11.6 Å². The number of hydrogen-bond acceptors (Lipinski definition) is 4. The molecular weight excluding hydrogens is 262 g/mol. The van der Waals surface area contributed by atoms with Crippen molar-refractivity contribution in [2.24, 2.45) is 0 Å². The maximum absolute atomic E-state index is 5.17. The second-order valence-corrected chi connectivity index (χ2v) is 4.88. The normalized spacial score (nSPS) is 12.1. The number of aromatic nitrogens is 2. The molecule has 1 N–H and O–H groups in total. The van der Waals surface area contributed by atoms with Crippen LogP contribution in [0.25, 0.3) is 11.0 Å². The average molecular weight is 279 g/mol. The summed E-state index contributed by atoms with van der Waals surface area (Å²) in [6.45, 7) is 2.10. The van der Waals surface area contributed by atoms with E-state index in [1.165, 1.54) is 5.56 Å². The zero-order valence-electron chi connectivity index (χ0n) is 12.1. The Kier molecular flexibility index (Phi) is 3.69. The van der Waals surface area contributed by atoms with Gasteiger partial charge in [0.2, 0.25) is 0 Å². The van der Waals surface area contributed by atoms with Crippen LogP contribution in [0.1, 0.15) is 18.5 Å². The summed E-state index contributed by atoms with van der Waals surface area (Å²) >= 11 is 0. The molecule has 2 aromatic carbocycles. The fourth-order valence-corrected chi connectivity index (χ4v) is 2.22. The summed E-state index contributed by atoms with van der Waals surface area (Å²) in [6.07, 6.45) is 1.77. The van der Waals surface area contributed by atoms with Crippen LogP contribution in [-0.4, -0.2) is 17.1 Å². The molecule has 3 aromatic rings. The van der Waals surface area contributed by atoms with E-state index in [-0.39, 0.29) is 6.04 Å². The number of ether oxygens (including phenoxy) is 1. The molecule has 0 aliphatic carbocycles. The Balaban J connectivity index is 1.79. The predicted octanol–water partition coefficient (Wildman–Crippen LogP) is 3.81. The molecule has 0 saturated carbocycles. The van der Waals surface area contributed by atoms with Crippen molar-refractivity contribution in [1.29, 1.82) is 0 Å². The molecule has 0 amide bonds. The molecule has 0 fully saturated rings.